The van der Waals surface area contributed by atoms with Crippen molar-refractivity contribution < 1.29 is 14.3 Å². The molecule has 1 atom stereocenters. The van der Waals surface area contributed by atoms with Gasteiger partial charge in [0.25, 0.3) is 5.91 Å². The van der Waals surface area contributed by atoms with Crippen molar-refractivity contribution in [1.82, 2.24) is 4.90 Å². The van der Waals surface area contributed by atoms with Crippen molar-refractivity contribution in [3.8, 4) is 5.75 Å². The topological polar surface area (TPSA) is 38.8 Å². The van der Waals surface area contributed by atoms with Crippen LogP contribution in [0.5, 0.6) is 5.75 Å². The minimum Gasteiger partial charge on any atom is -0.489 e. The summed E-state index contributed by atoms with van der Waals surface area (Å²) in [5, 5.41) is 0.499. The molecule has 0 aromatic heterocycles. The third-order valence-electron chi connectivity index (χ3n) is 3.54. The van der Waals surface area contributed by atoms with E-state index in [-0.39, 0.29) is 11.9 Å². The van der Waals surface area contributed by atoms with Crippen LogP contribution in [0.15, 0.2) is 10.5 Å². The maximum atomic E-state index is 12.6. The van der Waals surface area contributed by atoms with Gasteiger partial charge in [-0.3, -0.25) is 4.79 Å². The smallest absolute Gasteiger partial charge is 0.258 e. The van der Waals surface area contributed by atoms with Crippen LogP contribution in [0.1, 0.15) is 15.9 Å². The maximum absolute atomic E-state index is 12.6. The highest BCUT2D eigenvalue weighted by Gasteiger charge is 2.34. The van der Waals surface area contributed by atoms with E-state index in [0.29, 0.717) is 42.7 Å². The van der Waals surface area contributed by atoms with E-state index in [1.54, 1.807) is 6.07 Å². The average molecular weight is 347 g/mol. The molecule has 6 heteroatoms. The summed E-state index contributed by atoms with van der Waals surface area (Å²) in [5.41, 5.74) is 1.40. The van der Waals surface area contributed by atoms with Gasteiger partial charge in [0.15, 0.2) is 5.75 Å². The first-order valence-electron chi connectivity index (χ1n) is 6.09. The summed E-state index contributed by atoms with van der Waals surface area (Å²) in [6, 6.07) is 1.75. The molecule has 0 saturated carbocycles. The molecule has 102 valence electrons. The lowest BCUT2D eigenvalue weighted by molar-refractivity contribution is -0.0109. The van der Waals surface area contributed by atoms with Crippen molar-refractivity contribution in [2.24, 2.45) is 0 Å². The van der Waals surface area contributed by atoms with Crippen LogP contribution in [0.2, 0.25) is 5.02 Å². The number of hydrogen-bond acceptors (Lipinski definition) is 3. The third-order valence-corrected chi connectivity index (χ3v) is 4.82. The standard InChI is InChI=1S/C13H13BrClNO3/c1-7-10(14)4-9-12(11(7)15)19-6-8-5-18-3-2-16(8)13(9)17/h4,8H,2-3,5-6H2,1H3/t8-/m1/s1. The van der Waals surface area contributed by atoms with Crippen molar-refractivity contribution in [3.63, 3.8) is 0 Å². The summed E-state index contributed by atoms with van der Waals surface area (Å²) in [6.07, 6.45) is 0. The van der Waals surface area contributed by atoms with Gasteiger partial charge in [-0.2, -0.15) is 0 Å². The number of ether oxygens (including phenoxy) is 2. The molecular weight excluding hydrogens is 334 g/mol. The first kappa shape index (κ1) is 13.2. The number of fused-ring (bicyclic) bond motifs is 2. The molecule has 0 N–H and O–H groups in total. The Balaban J connectivity index is 2.10. The zero-order valence-corrected chi connectivity index (χ0v) is 12.8. The summed E-state index contributed by atoms with van der Waals surface area (Å²) < 4.78 is 12.0. The number of benzene rings is 1. The first-order chi connectivity index (χ1) is 9.09. The molecule has 1 saturated heterocycles. The number of amides is 1. The molecule has 0 radical (unpaired) electrons. The highest BCUT2D eigenvalue weighted by atomic mass is 79.9. The Morgan fingerprint density at radius 3 is 3.05 bits per heavy atom. The Labute approximate surface area is 124 Å². The van der Waals surface area contributed by atoms with Gasteiger partial charge in [-0.25, -0.2) is 0 Å². The number of halogens is 2. The van der Waals surface area contributed by atoms with Gasteiger partial charge in [0.2, 0.25) is 0 Å². The largest absolute Gasteiger partial charge is 0.489 e. The van der Waals surface area contributed by atoms with E-state index in [1.807, 2.05) is 11.8 Å². The highest BCUT2D eigenvalue weighted by Crippen LogP contribution is 2.39. The molecule has 1 aromatic rings. The molecule has 19 heavy (non-hydrogen) atoms. The van der Waals surface area contributed by atoms with Crippen molar-refractivity contribution >= 4 is 33.4 Å². The molecule has 2 aliphatic rings. The van der Waals surface area contributed by atoms with Gasteiger partial charge in [0.1, 0.15) is 6.61 Å². The van der Waals surface area contributed by atoms with Gasteiger partial charge >= 0.3 is 0 Å². The van der Waals surface area contributed by atoms with E-state index < -0.39 is 0 Å². The number of morpholine rings is 1. The lowest BCUT2D eigenvalue weighted by atomic mass is 10.1. The predicted octanol–water partition coefficient (Wildman–Crippen LogP) is 2.64. The second kappa shape index (κ2) is 4.96. The van der Waals surface area contributed by atoms with Crippen LogP contribution >= 0.6 is 27.5 Å². The minimum atomic E-state index is -0.0385. The number of rotatable bonds is 0. The van der Waals surface area contributed by atoms with E-state index in [0.717, 1.165) is 10.0 Å². The number of carbonyl (C=O) groups is 1. The Morgan fingerprint density at radius 2 is 2.26 bits per heavy atom. The second-order valence-corrected chi connectivity index (χ2v) is 5.94. The number of carbonyl (C=O) groups excluding carboxylic acids is 1. The fourth-order valence-corrected chi connectivity index (χ4v) is 3.19. The van der Waals surface area contributed by atoms with Gasteiger partial charge in [-0.1, -0.05) is 27.5 Å². The molecule has 1 amide bonds. The zero-order chi connectivity index (χ0) is 13.6. The molecule has 0 unspecified atom stereocenters. The molecule has 3 rings (SSSR count). The molecule has 1 aromatic carbocycles. The van der Waals surface area contributed by atoms with Gasteiger partial charge in [0.05, 0.1) is 29.8 Å². The lowest BCUT2D eigenvalue weighted by Crippen LogP contribution is -2.50. The molecular formula is C13H13BrClNO3. The number of nitrogens with zero attached hydrogens (tertiary/aromatic N) is 1. The molecule has 0 aliphatic carbocycles. The molecule has 2 aliphatic heterocycles. The number of hydrogen-bond donors (Lipinski definition) is 0. The molecule has 0 spiro atoms. The van der Waals surface area contributed by atoms with E-state index in [9.17, 15) is 4.79 Å². The van der Waals surface area contributed by atoms with Crippen LogP contribution in [0.4, 0.5) is 0 Å². The van der Waals surface area contributed by atoms with Gasteiger partial charge < -0.3 is 14.4 Å². The molecule has 2 heterocycles. The first-order valence-corrected chi connectivity index (χ1v) is 7.27. The van der Waals surface area contributed by atoms with Crippen LogP contribution in [0, 0.1) is 6.92 Å². The fourth-order valence-electron chi connectivity index (χ4n) is 2.39. The van der Waals surface area contributed by atoms with Crippen LogP contribution in [0.25, 0.3) is 0 Å². The fraction of sp³-hybridized carbons (Fsp3) is 0.462. The summed E-state index contributed by atoms with van der Waals surface area (Å²) in [6.45, 7) is 3.98. The van der Waals surface area contributed by atoms with Crippen molar-refractivity contribution in [2.45, 2.75) is 13.0 Å². The van der Waals surface area contributed by atoms with Crippen molar-refractivity contribution in [3.05, 3.63) is 26.7 Å². The van der Waals surface area contributed by atoms with Gasteiger partial charge in [-0.15, -0.1) is 0 Å². The Bertz CT molecular complexity index is 549. The van der Waals surface area contributed by atoms with E-state index in [2.05, 4.69) is 15.9 Å². The Kier molecular flexibility index (Phi) is 3.45. The predicted molar refractivity (Wildman–Crippen MR) is 75.0 cm³/mol. The molecule has 4 nitrogen and oxygen atoms in total. The lowest BCUT2D eigenvalue weighted by Gasteiger charge is -2.33. The van der Waals surface area contributed by atoms with Gasteiger partial charge in [0, 0.05) is 11.0 Å². The van der Waals surface area contributed by atoms with Crippen molar-refractivity contribution in [1.29, 1.82) is 0 Å². The third kappa shape index (κ3) is 2.14. The average Bonchev–Trinajstić information content (AvgIpc) is 2.55. The van der Waals surface area contributed by atoms with Crippen LogP contribution in [-0.4, -0.2) is 43.2 Å². The van der Waals surface area contributed by atoms with E-state index in [4.69, 9.17) is 21.1 Å². The summed E-state index contributed by atoms with van der Waals surface area (Å²) in [5.74, 6) is 0.449. The van der Waals surface area contributed by atoms with Crippen molar-refractivity contribution in [2.75, 3.05) is 26.4 Å². The molecule has 1 fully saturated rings. The highest BCUT2D eigenvalue weighted by molar-refractivity contribution is 9.10. The Hall–Kier alpha value is -0.780. The van der Waals surface area contributed by atoms with E-state index >= 15 is 0 Å². The summed E-state index contributed by atoms with van der Waals surface area (Å²) in [7, 11) is 0. The van der Waals surface area contributed by atoms with E-state index in [1.165, 1.54) is 0 Å². The zero-order valence-electron chi connectivity index (χ0n) is 10.4. The SMILES string of the molecule is Cc1c(Br)cc2c(c1Cl)OC[C@H]1COCCN1C2=O. The Morgan fingerprint density at radius 1 is 1.47 bits per heavy atom. The van der Waals surface area contributed by atoms with Crippen LogP contribution in [0.3, 0.4) is 0 Å². The summed E-state index contributed by atoms with van der Waals surface area (Å²) >= 11 is 9.73. The minimum absolute atomic E-state index is 0.0381. The summed E-state index contributed by atoms with van der Waals surface area (Å²) in [4.78, 5) is 14.4. The normalized spacial score (nSPS) is 22.4. The van der Waals surface area contributed by atoms with Crippen LogP contribution < -0.4 is 4.74 Å². The second-order valence-electron chi connectivity index (χ2n) is 4.71. The monoisotopic (exact) mass is 345 g/mol. The molecule has 0 bridgehead atoms. The van der Waals surface area contributed by atoms with Crippen LogP contribution in [-0.2, 0) is 4.74 Å². The quantitative estimate of drug-likeness (QED) is 0.725. The van der Waals surface area contributed by atoms with Gasteiger partial charge in [-0.05, 0) is 18.6 Å². The maximum Gasteiger partial charge on any atom is 0.258 e.